The molecule has 2 aromatic rings. The molecular formula is C12H15N5O2S. The zero-order valence-corrected chi connectivity index (χ0v) is 12.1. The van der Waals surface area contributed by atoms with Gasteiger partial charge in [0.2, 0.25) is 5.65 Å². The van der Waals surface area contributed by atoms with E-state index in [-0.39, 0.29) is 5.82 Å². The third-order valence-corrected chi connectivity index (χ3v) is 4.49. The van der Waals surface area contributed by atoms with Crippen molar-refractivity contribution in [2.45, 2.75) is 24.3 Å². The van der Waals surface area contributed by atoms with Crippen LogP contribution in [-0.2, 0) is 0 Å². The Labute approximate surface area is 120 Å². The van der Waals surface area contributed by atoms with Crippen LogP contribution in [0.1, 0.15) is 13.8 Å². The normalized spacial score (nSPS) is 23.2. The highest BCUT2D eigenvalue weighted by atomic mass is 32.2. The Balaban J connectivity index is 1.99. The van der Waals surface area contributed by atoms with Crippen molar-refractivity contribution < 1.29 is 4.92 Å². The smallest absolute Gasteiger partial charge is 0.358 e. The fraction of sp³-hybridized carbons (Fsp3) is 0.500. The average molecular weight is 293 g/mol. The first-order valence-corrected chi connectivity index (χ1v) is 7.38. The number of imidazole rings is 1. The van der Waals surface area contributed by atoms with Crippen LogP contribution in [0, 0.1) is 10.1 Å². The molecule has 0 saturated carbocycles. The molecule has 2 aromatic heterocycles. The minimum atomic E-state index is -0.464. The summed E-state index contributed by atoms with van der Waals surface area (Å²) in [4.78, 5) is 16.7. The van der Waals surface area contributed by atoms with Crippen LogP contribution in [0.3, 0.4) is 0 Å². The summed E-state index contributed by atoms with van der Waals surface area (Å²) in [5, 5.41) is 16.4. The van der Waals surface area contributed by atoms with Gasteiger partial charge >= 0.3 is 5.82 Å². The van der Waals surface area contributed by atoms with Crippen molar-refractivity contribution in [2.24, 2.45) is 0 Å². The molecule has 0 aliphatic carbocycles. The van der Waals surface area contributed by atoms with E-state index in [0.29, 0.717) is 16.1 Å². The Morgan fingerprint density at radius 2 is 2.05 bits per heavy atom. The molecule has 1 aliphatic heterocycles. The van der Waals surface area contributed by atoms with Gasteiger partial charge in [-0.25, -0.2) is 4.98 Å². The molecule has 3 heterocycles. The second-order valence-corrected chi connectivity index (χ2v) is 6.88. The van der Waals surface area contributed by atoms with Crippen LogP contribution in [-0.4, -0.2) is 43.1 Å². The SMILES string of the molecule is C[C@@H]1CN(c2ccc3ncc([N+](=O)[O-])n3n2)C[C@@H](C)S1. The summed E-state index contributed by atoms with van der Waals surface area (Å²) in [7, 11) is 0. The Kier molecular flexibility index (Phi) is 3.25. The lowest BCUT2D eigenvalue weighted by Crippen LogP contribution is -2.41. The maximum Gasteiger partial charge on any atom is 0.368 e. The standard InChI is InChI=1S/C12H15N5O2S/c1-8-6-15(7-9(2)20-8)11-4-3-10-13-5-12(17(18)19)16(10)14-11/h3-5,8-9H,6-7H2,1-2H3/t8-,9-/m1/s1. The Morgan fingerprint density at radius 3 is 2.70 bits per heavy atom. The van der Waals surface area contributed by atoms with Crippen molar-refractivity contribution in [3.05, 3.63) is 28.4 Å². The van der Waals surface area contributed by atoms with E-state index in [1.165, 1.54) is 10.7 Å². The maximum atomic E-state index is 11.0. The lowest BCUT2D eigenvalue weighted by atomic mass is 10.3. The van der Waals surface area contributed by atoms with Gasteiger partial charge in [-0.05, 0) is 11.0 Å². The molecule has 8 heteroatoms. The summed E-state index contributed by atoms with van der Waals surface area (Å²) in [6.45, 7) is 6.17. The van der Waals surface area contributed by atoms with Gasteiger partial charge in [0.15, 0.2) is 5.82 Å². The Bertz CT molecular complexity index is 648. The molecule has 1 saturated heterocycles. The fourth-order valence-corrected chi connectivity index (χ4v) is 3.83. The van der Waals surface area contributed by atoms with E-state index in [1.54, 1.807) is 6.07 Å². The van der Waals surface area contributed by atoms with E-state index in [9.17, 15) is 10.1 Å². The summed E-state index contributed by atoms with van der Waals surface area (Å²) >= 11 is 1.96. The molecule has 0 unspecified atom stereocenters. The van der Waals surface area contributed by atoms with Crippen LogP contribution in [0.5, 0.6) is 0 Å². The lowest BCUT2D eigenvalue weighted by Gasteiger charge is -2.34. The van der Waals surface area contributed by atoms with Gasteiger partial charge in [-0.2, -0.15) is 11.8 Å². The van der Waals surface area contributed by atoms with Crippen LogP contribution in [0.25, 0.3) is 5.65 Å². The molecule has 2 atom stereocenters. The second kappa shape index (κ2) is 4.93. The molecule has 0 spiro atoms. The number of aromatic nitrogens is 3. The minimum Gasteiger partial charge on any atom is -0.358 e. The summed E-state index contributed by atoms with van der Waals surface area (Å²) in [6, 6.07) is 3.65. The molecule has 1 fully saturated rings. The van der Waals surface area contributed by atoms with Gasteiger partial charge in [0.1, 0.15) is 6.20 Å². The molecule has 0 N–H and O–H groups in total. The van der Waals surface area contributed by atoms with Crippen LogP contribution >= 0.6 is 11.8 Å². The van der Waals surface area contributed by atoms with E-state index < -0.39 is 4.92 Å². The first-order valence-electron chi connectivity index (χ1n) is 6.44. The van der Waals surface area contributed by atoms with Gasteiger partial charge in [0.25, 0.3) is 0 Å². The highest BCUT2D eigenvalue weighted by Gasteiger charge is 2.25. The van der Waals surface area contributed by atoms with Crippen molar-refractivity contribution in [1.29, 1.82) is 0 Å². The zero-order chi connectivity index (χ0) is 14.3. The quantitative estimate of drug-likeness (QED) is 0.622. The predicted octanol–water partition coefficient (Wildman–Crippen LogP) is 1.97. The molecule has 106 valence electrons. The fourth-order valence-electron chi connectivity index (χ4n) is 2.51. The molecule has 3 rings (SSSR count). The number of hydrogen-bond donors (Lipinski definition) is 0. The molecular weight excluding hydrogens is 278 g/mol. The van der Waals surface area contributed by atoms with Crippen molar-refractivity contribution in [2.75, 3.05) is 18.0 Å². The largest absolute Gasteiger partial charge is 0.368 e. The second-order valence-electron chi connectivity index (χ2n) is 5.00. The number of fused-ring (bicyclic) bond motifs is 1. The Hall–Kier alpha value is -1.83. The van der Waals surface area contributed by atoms with Gasteiger partial charge < -0.3 is 15.0 Å². The number of nitrogens with zero attached hydrogens (tertiary/aromatic N) is 5. The molecule has 0 radical (unpaired) electrons. The highest BCUT2D eigenvalue weighted by Crippen LogP contribution is 2.28. The van der Waals surface area contributed by atoms with Gasteiger partial charge in [-0.1, -0.05) is 23.5 Å². The first kappa shape index (κ1) is 13.2. The van der Waals surface area contributed by atoms with Crippen molar-refractivity contribution in [3.63, 3.8) is 0 Å². The summed E-state index contributed by atoms with van der Waals surface area (Å²) in [5.74, 6) is 0.659. The van der Waals surface area contributed by atoms with E-state index in [0.717, 1.165) is 18.9 Å². The molecule has 0 aromatic carbocycles. The summed E-state index contributed by atoms with van der Waals surface area (Å²) in [5.41, 5.74) is 0.493. The molecule has 0 bridgehead atoms. The van der Waals surface area contributed by atoms with Crippen molar-refractivity contribution >= 4 is 29.0 Å². The Morgan fingerprint density at radius 1 is 1.35 bits per heavy atom. The molecule has 0 amide bonds. The van der Waals surface area contributed by atoms with Gasteiger partial charge in [-0.3, -0.25) is 0 Å². The first-order chi connectivity index (χ1) is 9.54. The van der Waals surface area contributed by atoms with E-state index in [1.807, 2.05) is 17.8 Å². The van der Waals surface area contributed by atoms with Gasteiger partial charge in [-0.15, -0.1) is 0 Å². The van der Waals surface area contributed by atoms with E-state index in [2.05, 4.69) is 28.8 Å². The maximum absolute atomic E-state index is 11.0. The molecule has 7 nitrogen and oxygen atoms in total. The third kappa shape index (κ3) is 2.31. The number of hydrogen-bond acceptors (Lipinski definition) is 6. The zero-order valence-electron chi connectivity index (χ0n) is 11.3. The van der Waals surface area contributed by atoms with E-state index >= 15 is 0 Å². The number of rotatable bonds is 2. The van der Waals surface area contributed by atoms with Crippen LogP contribution in [0.15, 0.2) is 18.3 Å². The highest BCUT2D eigenvalue weighted by molar-refractivity contribution is 8.00. The van der Waals surface area contributed by atoms with Crippen LogP contribution in [0.4, 0.5) is 11.6 Å². The van der Waals surface area contributed by atoms with Crippen LogP contribution < -0.4 is 4.90 Å². The summed E-state index contributed by atoms with van der Waals surface area (Å²) < 4.78 is 1.30. The third-order valence-electron chi connectivity index (χ3n) is 3.26. The lowest BCUT2D eigenvalue weighted by molar-refractivity contribution is -0.391. The topological polar surface area (TPSA) is 76.6 Å². The van der Waals surface area contributed by atoms with Crippen molar-refractivity contribution in [1.82, 2.24) is 14.6 Å². The molecule has 1 aliphatic rings. The molecule has 20 heavy (non-hydrogen) atoms. The average Bonchev–Trinajstić information content (AvgIpc) is 2.80. The number of anilines is 1. The van der Waals surface area contributed by atoms with Crippen LogP contribution in [0.2, 0.25) is 0 Å². The van der Waals surface area contributed by atoms with Gasteiger partial charge in [0.05, 0.1) is 0 Å². The predicted molar refractivity (Wildman–Crippen MR) is 78.4 cm³/mol. The number of thioether (sulfide) groups is 1. The monoisotopic (exact) mass is 293 g/mol. The van der Waals surface area contributed by atoms with Crippen molar-refractivity contribution in [3.8, 4) is 0 Å². The van der Waals surface area contributed by atoms with E-state index in [4.69, 9.17) is 0 Å². The summed E-state index contributed by atoms with van der Waals surface area (Å²) in [6.07, 6.45) is 1.24. The van der Waals surface area contributed by atoms with Gasteiger partial charge in [0, 0.05) is 29.7 Å². The number of nitro groups is 1. The minimum absolute atomic E-state index is 0.102.